The van der Waals surface area contributed by atoms with Crippen molar-refractivity contribution < 1.29 is 14.3 Å². The smallest absolute Gasteiger partial charge is 0.410 e. The Morgan fingerprint density at radius 3 is 2.85 bits per heavy atom. The van der Waals surface area contributed by atoms with Gasteiger partial charge in [-0.05, 0) is 46.0 Å². The fraction of sp³-hybridized carbons (Fsp3) is 0.812. The van der Waals surface area contributed by atoms with Gasteiger partial charge in [0, 0.05) is 13.2 Å². The van der Waals surface area contributed by atoms with E-state index in [4.69, 9.17) is 9.47 Å². The molecule has 4 nitrogen and oxygen atoms in total. The second kappa shape index (κ2) is 8.30. The standard InChI is InChI=1S/C16H29NO3/c1-5-7-8-9-12-19-14-10-11-17(13-14)15(18)20-16(3,4)6-2/h5,14H,1,6-13H2,2-4H3/t14-/m1/s1. The molecule has 0 saturated carbocycles. The van der Waals surface area contributed by atoms with Crippen molar-refractivity contribution in [1.82, 2.24) is 4.90 Å². The molecule has 1 fully saturated rings. The minimum absolute atomic E-state index is 0.163. The van der Waals surface area contributed by atoms with E-state index in [2.05, 4.69) is 6.58 Å². The quantitative estimate of drug-likeness (QED) is 0.503. The van der Waals surface area contributed by atoms with Crippen molar-refractivity contribution in [2.45, 2.75) is 64.6 Å². The van der Waals surface area contributed by atoms with Gasteiger partial charge in [0.05, 0.1) is 12.6 Å². The third-order valence-electron chi connectivity index (χ3n) is 3.77. The number of ether oxygens (including phenoxy) is 2. The number of allylic oxidation sites excluding steroid dienone is 1. The minimum Gasteiger partial charge on any atom is -0.443 e. The maximum absolute atomic E-state index is 12.0. The Kier molecular flexibility index (Phi) is 7.06. The minimum atomic E-state index is -0.388. The first-order valence-corrected chi connectivity index (χ1v) is 7.69. The number of rotatable bonds is 8. The SMILES string of the molecule is C=CCCCCO[C@@H]1CCN(C(=O)OC(C)(C)CC)C1. The topological polar surface area (TPSA) is 38.8 Å². The lowest BCUT2D eigenvalue weighted by atomic mass is 10.1. The Balaban J connectivity index is 2.22. The molecule has 116 valence electrons. The molecule has 1 aliphatic rings. The van der Waals surface area contributed by atoms with Gasteiger partial charge in [-0.3, -0.25) is 0 Å². The van der Waals surface area contributed by atoms with E-state index >= 15 is 0 Å². The number of unbranched alkanes of at least 4 members (excludes halogenated alkanes) is 2. The van der Waals surface area contributed by atoms with Crippen LogP contribution in [0.3, 0.4) is 0 Å². The monoisotopic (exact) mass is 283 g/mol. The van der Waals surface area contributed by atoms with E-state index in [-0.39, 0.29) is 17.8 Å². The van der Waals surface area contributed by atoms with Crippen LogP contribution < -0.4 is 0 Å². The van der Waals surface area contributed by atoms with E-state index in [1.165, 1.54) is 0 Å². The van der Waals surface area contributed by atoms with Crippen LogP contribution in [0.4, 0.5) is 4.79 Å². The molecule has 1 saturated heterocycles. The molecule has 1 rings (SSSR count). The molecule has 0 aromatic carbocycles. The zero-order chi connectivity index (χ0) is 15.0. The van der Waals surface area contributed by atoms with Crippen molar-refractivity contribution in [3.8, 4) is 0 Å². The summed E-state index contributed by atoms with van der Waals surface area (Å²) in [4.78, 5) is 13.8. The maximum Gasteiger partial charge on any atom is 0.410 e. The fourth-order valence-corrected chi connectivity index (χ4v) is 2.04. The van der Waals surface area contributed by atoms with Gasteiger partial charge >= 0.3 is 6.09 Å². The van der Waals surface area contributed by atoms with E-state index in [1.807, 2.05) is 26.8 Å². The van der Waals surface area contributed by atoms with Crippen molar-refractivity contribution in [1.29, 1.82) is 0 Å². The summed E-state index contributed by atoms with van der Waals surface area (Å²) in [6.07, 6.45) is 6.81. The number of hydrogen-bond acceptors (Lipinski definition) is 3. The first-order chi connectivity index (χ1) is 9.48. The summed E-state index contributed by atoms with van der Waals surface area (Å²) < 4.78 is 11.3. The highest BCUT2D eigenvalue weighted by Gasteiger charge is 2.30. The fourth-order valence-electron chi connectivity index (χ4n) is 2.04. The third-order valence-corrected chi connectivity index (χ3v) is 3.77. The van der Waals surface area contributed by atoms with Crippen LogP contribution in [-0.2, 0) is 9.47 Å². The van der Waals surface area contributed by atoms with Crippen molar-refractivity contribution in [2.24, 2.45) is 0 Å². The molecule has 1 aliphatic heterocycles. The van der Waals surface area contributed by atoms with Crippen LogP contribution in [0.5, 0.6) is 0 Å². The van der Waals surface area contributed by atoms with Gasteiger partial charge in [-0.25, -0.2) is 4.79 Å². The van der Waals surface area contributed by atoms with Crippen molar-refractivity contribution >= 4 is 6.09 Å². The van der Waals surface area contributed by atoms with Crippen LogP contribution in [0, 0.1) is 0 Å². The first-order valence-electron chi connectivity index (χ1n) is 7.69. The highest BCUT2D eigenvalue weighted by Crippen LogP contribution is 2.19. The highest BCUT2D eigenvalue weighted by molar-refractivity contribution is 5.68. The molecule has 0 N–H and O–H groups in total. The lowest BCUT2D eigenvalue weighted by Crippen LogP contribution is -2.37. The molecular formula is C16H29NO3. The molecule has 0 aromatic heterocycles. The molecule has 1 heterocycles. The van der Waals surface area contributed by atoms with Gasteiger partial charge in [-0.1, -0.05) is 13.0 Å². The summed E-state index contributed by atoms with van der Waals surface area (Å²) in [6, 6.07) is 0. The van der Waals surface area contributed by atoms with Gasteiger partial charge < -0.3 is 14.4 Å². The van der Waals surface area contributed by atoms with Gasteiger partial charge in [0.25, 0.3) is 0 Å². The molecule has 0 aromatic rings. The Morgan fingerprint density at radius 1 is 1.45 bits per heavy atom. The average molecular weight is 283 g/mol. The Labute approximate surface area is 123 Å². The Bertz CT molecular complexity index is 315. The number of nitrogens with zero attached hydrogens (tertiary/aromatic N) is 1. The molecule has 4 heteroatoms. The van der Waals surface area contributed by atoms with Crippen LogP contribution in [0.25, 0.3) is 0 Å². The summed E-state index contributed by atoms with van der Waals surface area (Å²) in [7, 11) is 0. The van der Waals surface area contributed by atoms with Crippen molar-refractivity contribution in [2.75, 3.05) is 19.7 Å². The van der Waals surface area contributed by atoms with E-state index in [0.717, 1.165) is 45.3 Å². The summed E-state index contributed by atoms with van der Waals surface area (Å²) in [5.41, 5.74) is -0.388. The molecule has 0 aliphatic carbocycles. The zero-order valence-electron chi connectivity index (χ0n) is 13.2. The lowest BCUT2D eigenvalue weighted by Gasteiger charge is -2.26. The highest BCUT2D eigenvalue weighted by atomic mass is 16.6. The van der Waals surface area contributed by atoms with E-state index in [9.17, 15) is 4.79 Å². The molecule has 0 bridgehead atoms. The second-order valence-corrected chi connectivity index (χ2v) is 5.99. The molecule has 0 unspecified atom stereocenters. The summed E-state index contributed by atoms with van der Waals surface area (Å²) in [5, 5.41) is 0. The molecule has 1 atom stereocenters. The predicted molar refractivity (Wildman–Crippen MR) is 80.8 cm³/mol. The predicted octanol–water partition coefficient (Wildman–Crippen LogP) is 3.76. The second-order valence-electron chi connectivity index (χ2n) is 5.99. The largest absolute Gasteiger partial charge is 0.443 e. The number of carbonyl (C=O) groups is 1. The maximum atomic E-state index is 12.0. The number of hydrogen-bond donors (Lipinski definition) is 0. The normalized spacial score (nSPS) is 19.1. The molecule has 1 amide bonds. The van der Waals surface area contributed by atoms with E-state index in [1.54, 1.807) is 4.90 Å². The summed E-state index contributed by atoms with van der Waals surface area (Å²) >= 11 is 0. The van der Waals surface area contributed by atoms with Gasteiger partial charge in [0.15, 0.2) is 0 Å². The Hall–Kier alpha value is -1.03. The molecule has 0 radical (unpaired) electrons. The van der Waals surface area contributed by atoms with Crippen LogP contribution in [0.15, 0.2) is 12.7 Å². The van der Waals surface area contributed by atoms with E-state index < -0.39 is 0 Å². The zero-order valence-corrected chi connectivity index (χ0v) is 13.2. The van der Waals surface area contributed by atoms with Crippen LogP contribution in [0.1, 0.15) is 52.9 Å². The van der Waals surface area contributed by atoms with Gasteiger partial charge in [0.2, 0.25) is 0 Å². The number of carbonyl (C=O) groups excluding carboxylic acids is 1. The van der Waals surface area contributed by atoms with Gasteiger partial charge in [0.1, 0.15) is 5.60 Å². The number of amides is 1. The average Bonchev–Trinajstić information content (AvgIpc) is 2.87. The van der Waals surface area contributed by atoms with Crippen LogP contribution >= 0.6 is 0 Å². The van der Waals surface area contributed by atoms with E-state index in [0.29, 0.717) is 6.54 Å². The van der Waals surface area contributed by atoms with Gasteiger partial charge in [-0.15, -0.1) is 6.58 Å². The van der Waals surface area contributed by atoms with Crippen LogP contribution in [0.2, 0.25) is 0 Å². The third kappa shape index (κ3) is 5.95. The first kappa shape index (κ1) is 17.0. The van der Waals surface area contributed by atoms with Crippen LogP contribution in [-0.4, -0.2) is 42.4 Å². The molecule has 20 heavy (non-hydrogen) atoms. The Morgan fingerprint density at radius 2 is 2.20 bits per heavy atom. The number of likely N-dealkylation sites (tertiary alicyclic amines) is 1. The van der Waals surface area contributed by atoms with Crippen molar-refractivity contribution in [3.63, 3.8) is 0 Å². The molecule has 0 spiro atoms. The van der Waals surface area contributed by atoms with Crippen molar-refractivity contribution in [3.05, 3.63) is 12.7 Å². The summed E-state index contributed by atoms with van der Waals surface area (Å²) in [6.45, 7) is 11.8. The molecular weight excluding hydrogens is 254 g/mol. The summed E-state index contributed by atoms with van der Waals surface area (Å²) in [5.74, 6) is 0. The lowest BCUT2D eigenvalue weighted by molar-refractivity contribution is 0.00918. The van der Waals surface area contributed by atoms with Gasteiger partial charge in [-0.2, -0.15) is 0 Å².